The predicted octanol–water partition coefficient (Wildman–Crippen LogP) is -0.314. The highest BCUT2D eigenvalue weighted by Crippen LogP contribution is 2.27. The van der Waals surface area contributed by atoms with Crippen molar-refractivity contribution >= 4 is 29.9 Å². The molecule has 3 fully saturated rings. The van der Waals surface area contributed by atoms with Gasteiger partial charge in [0.2, 0.25) is 5.96 Å². The second kappa shape index (κ2) is 5.13. The monoisotopic (exact) mass is 311 g/mol. The first-order valence-corrected chi connectivity index (χ1v) is 4.83. The van der Waals surface area contributed by atoms with E-state index in [9.17, 15) is 0 Å². The van der Waals surface area contributed by atoms with Crippen molar-refractivity contribution in [2.24, 2.45) is 11.8 Å². The first-order valence-electron chi connectivity index (χ1n) is 4.83. The Bertz CT molecular complexity index is 202. The number of rotatable bonds is 1. The summed E-state index contributed by atoms with van der Waals surface area (Å²) in [5.41, 5.74) is 2.33. The van der Waals surface area contributed by atoms with E-state index in [1.165, 1.54) is 25.9 Å². The van der Waals surface area contributed by atoms with Crippen molar-refractivity contribution in [2.75, 3.05) is 19.6 Å². The SMILES string of the molecule is I.N=C(NN)N[C@H]1CN2CCC1CC2. The fraction of sp³-hybridized carbons (Fsp3) is 0.875. The molecule has 0 aromatic carbocycles. The minimum absolute atomic E-state index is 0. The van der Waals surface area contributed by atoms with Gasteiger partial charge >= 0.3 is 0 Å². The first-order chi connectivity index (χ1) is 6.29. The number of nitrogens with two attached hydrogens (primary N) is 1. The normalized spacial score (nSPS) is 34.5. The van der Waals surface area contributed by atoms with E-state index in [1.54, 1.807) is 0 Å². The Labute approximate surface area is 101 Å². The molecule has 2 bridgehead atoms. The fourth-order valence-electron chi connectivity index (χ4n) is 2.36. The van der Waals surface area contributed by atoms with E-state index in [1.807, 2.05) is 0 Å². The van der Waals surface area contributed by atoms with Gasteiger partial charge in [0.05, 0.1) is 0 Å². The number of guanidine groups is 1. The van der Waals surface area contributed by atoms with Crippen molar-refractivity contribution in [3.05, 3.63) is 0 Å². The molecule has 5 N–H and O–H groups in total. The number of hydrazine groups is 1. The van der Waals surface area contributed by atoms with E-state index in [0.717, 1.165) is 12.5 Å². The summed E-state index contributed by atoms with van der Waals surface area (Å²) < 4.78 is 0. The topological polar surface area (TPSA) is 77.2 Å². The van der Waals surface area contributed by atoms with Gasteiger partial charge in [0, 0.05) is 12.6 Å². The smallest absolute Gasteiger partial charge is 0.203 e. The van der Waals surface area contributed by atoms with Crippen molar-refractivity contribution in [3.8, 4) is 0 Å². The lowest BCUT2D eigenvalue weighted by Crippen LogP contribution is -2.59. The zero-order chi connectivity index (χ0) is 9.26. The second-order valence-corrected chi connectivity index (χ2v) is 3.91. The average molecular weight is 311 g/mol. The van der Waals surface area contributed by atoms with Gasteiger partial charge in [0.1, 0.15) is 0 Å². The van der Waals surface area contributed by atoms with Crippen LogP contribution < -0.4 is 16.6 Å². The van der Waals surface area contributed by atoms with Gasteiger partial charge in [-0.3, -0.25) is 10.8 Å². The van der Waals surface area contributed by atoms with Gasteiger partial charge in [-0.25, -0.2) is 5.84 Å². The van der Waals surface area contributed by atoms with Gasteiger partial charge in [0.25, 0.3) is 0 Å². The van der Waals surface area contributed by atoms with E-state index < -0.39 is 0 Å². The minimum Gasteiger partial charge on any atom is -0.351 e. The lowest BCUT2D eigenvalue weighted by molar-refractivity contribution is 0.0807. The van der Waals surface area contributed by atoms with Gasteiger partial charge in [-0.1, -0.05) is 0 Å². The van der Waals surface area contributed by atoms with Gasteiger partial charge in [-0.05, 0) is 31.8 Å². The Morgan fingerprint density at radius 3 is 2.43 bits per heavy atom. The van der Waals surface area contributed by atoms with Crippen LogP contribution >= 0.6 is 24.0 Å². The highest BCUT2D eigenvalue weighted by Gasteiger charge is 2.34. The van der Waals surface area contributed by atoms with Crippen LogP contribution in [0, 0.1) is 11.3 Å². The van der Waals surface area contributed by atoms with E-state index in [2.05, 4.69) is 15.6 Å². The van der Waals surface area contributed by atoms with Crippen molar-refractivity contribution in [2.45, 2.75) is 18.9 Å². The summed E-state index contributed by atoms with van der Waals surface area (Å²) in [6.07, 6.45) is 2.52. The van der Waals surface area contributed by atoms with Gasteiger partial charge in [-0.2, -0.15) is 0 Å². The molecule has 3 heterocycles. The summed E-state index contributed by atoms with van der Waals surface area (Å²) in [4.78, 5) is 2.45. The van der Waals surface area contributed by atoms with Crippen molar-refractivity contribution in [1.29, 1.82) is 5.41 Å². The Hall–Kier alpha value is -0.0800. The molecule has 0 unspecified atom stereocenters. The fourth-order valence-corrected chi connectivity index (χ4v) is 2.36. The summed E-state index contributed by atoms with van der Waals surface area (Å²) in [5.74, 6) is 6.11. The van der Waals surface area contributed by atoms with E-state index in [4.69, 9.17) is 11.3 Å². The van der Waals surface area contributed by atoms with Crippen LogP contribution in [0.3, 0.4) is 0 Å². The van der Waals surface area contributed by atoms with E-state index >= 15 is 0 Å². The Morgan fingerprint density at radius 1 is 1.36 bits per heavy atom. The van der Waals surface area contributed by atoms with E-state index in [0.29, 0.717) is 6.04 Å². The summed E-state index contributed by atoms with van der Waals surface area (Å²) in [7, 11) is 0. The van der Waals surface area contributed by atoms with Crippen LogP contribution in [0.1, 0.15) is 12.8 Å². The highest BCUT2D eigenvalue weighted by molar-refractivity contribution is 14.0. The molecule has 0 aromatic heterocycles. The molecule has 3 saturated heterocycles. The molecule has 0 aliphatic carbocycles. The standard InChI is InChI=1S/C8H17N5.HI/c9-8(12-10)11-7-5-13-3-1-6(7)2-4-13;/h6-7H,1-5,10H2,(H3,9,11,12);1H/t7-;/m0./s1. The zero-order valence-corrected chi connectivity index (χ0v) is 10.5. The minimum atomic E-state index is 0. The molecule has 82 valence electrons. The third-order valence-corrected chi connectivity index (χ3v) is 3.13. The van der Waals surface area contributed by atoms with Crippen LogP contribution in [-0.2, 0) is 0 Å². The number of hydrogen-bond acceptors (Lipinski definition) is 3. The molecule has 0 aromatic rings. The third-order valence-electron chi connectivity index (χ3n) is 3.13. The number of piperidine rings is 3. The van der Waals surface area contributed by atoms with Crippen LogP contribution in [-0.4, -0.2) is 36.5 Å². The van der Waals surface area contributed by atoms with Gasteiger partial charge < -0.3 is 10.2 Å². The van der Waals surface area contributed by atoms with Gasteiger partial charge in [-0.15, -0.1) is 24.0 Å². The lowest BCUT2D eigenvalue weighted by atomic mass is 9.84. The van der Waals surface area contributed by atoms with Gasteiger partial charge in [0.15, 0.2) is 0 Å². The number of nitrogens with one attached hydrogen (secondary N) is 3. The van der Waals surface area contributed by atoms with Crippen LogP contribution in [0.2, 0.25) is 0 Å². The molecular weight excluding hydrogens is 293 g/mol. The summed E-state index contributed by atoms with van der Waals surface area (Å²) in [5, 5.41) is 10.5. The Kier molecular flexibility index (Phi) is 4.39. The van der Waals surface area contributed by atoms with Crippen LogP contribution in [0.5, 0.6) is 0 Å². The van der Waals surface area contributed by atoms with Crippen molar-refractivity contribution in [3.63, 3.8) is 0 Å². The molecule has 3 aliphatic heterocycles. The maximum atomic E-state index is 7.39. The quantitative estimate of drug-likeness (QED) is 0.176. The molecule has 14 heavy (non-hydrogen) atoms. The summed E-state index contributed by atoms with van der Waals surface area (Å²) in [6, 6.07) is 0.422. The molecule has 1 atom stereocenters. The number of halogens is 1. The molecule has 5 nitrogen and oxygen atoms in total. The number of fused-ring (bicyclic) bond motifs is 3. The third kappa shape index (κ3) is 2.48. The molecule has 0 amide bonds. The average Bonchev–Trinajstić information content (AvgIpc) is 2.19. The molecule has 0 saturated carbocycles. The lowest BCUT2D eigenvalue weighted by Gasteiger charge is -2.45. The highest BCUT2D eigenvalue weighted by atomic mass is 127. The van der Waals surface area contributed by atoms with Crippen LogP contribution in [0.4, 0.5) is 0 Å². The first kappa shape index (κ1) is 12.0. The Morgan fingerprint density at radius 2 is 2.00 bits per heavy atom. The summed E-state index contributed by atoms with van der Waals surface area (Å²) in [6.45, 7) is 3.52. The maximum Gasteiger partial charge on any atom is 0.203 e. The molecule has 0 radical (unpaired) electrons. The van der Waals surface area contributed by atoms with Crippen LogP contribution in [0.15, 0.2) is 0 Å². The van der Waals surface area contributed by atoms with Crippen molar-refractivity contribution < 1.29 is 0 Å². The summed E-state index contributed by atoms with van der Waals surface area (Å²) >= 11 is 0. The molecular formula is C8H18IN5. The largest absolute Gasteiger partial charge is 0.351 e. The molecule has 6 heteroatoms. The molecule has 3 aliphatic rings. The zero-order valence-electron chi connectivity index (χ0n) is 8.12. The van der Waals surface area contributed by atoms with E-state index in [-0.39, 0.29) is 29.9 Å². The van der Waals surface area contributed by atoms with Crippen molar-refractivity contribution in [1.82, 2.24) is 15.6 Å². The Balaban J connectivity index is 0.000000980. The number of nitrogens with zero attached hydrogens (tertiary/aromatic N) is 1. The van der Waals surface area contributed by atoms with Crippen LogP contribution in [0.25, 0.3) is 0 Å². The second-order valence-electron chi connectivity index (χ2n) is 3.91. The molecule has 0 spiro atoms. The predicted molar refractivity (Wildman–Crippen MR) is 66.6 cm³/mol. The molecule has 3 rings (SSSR count). The number of hydrogen-bond donors (Lipinski definition) is 4. The maximum absolute atomic E-state index is 7.39.